The molecule has 2 rings (SSSR count). The van der Waals surface area contributed by atoms with Gasteiger partial charge in [0.2, 0.25) is 0 Å². The van der Waals surface area contributed by atoms with Gasteiger partial charge in [0.25, 0.3) is 10.0 Å². The van der Waals surface area contributed by atoms with Gasteiger partial charge in [0.05, 0.1) is 14.5 Å². The second kappa shape index (κ2) is 5.40. The van der Waals surface area contributed by atoms with Crippen molar-refractivity contribution in [3.05, 3.63) is 44.5 Å². The van der Waals surface area contributed by atoms with Crippen molar-refractivity contribution >= 4 is 54.6 Å². The Labute approximate surface area is 127 Å². The summed E-state index contributed by atoms with van der Waals surface area (Å²) in [6, 6.07) is 5.25. The van der Waals surface area contributed by atoms with Gasteiger partial charge < -0.3 is 0 Å². The van der Waals surface area contributed by atoms with E-state index in [0.29, 0.717) is 14.4 Å². The van der Waals surface area contributed by atoms with Gasteiger partial charge in [-0.25, -0.2) is 12.8 Å². The van der Waals surface area contributed by atoms with Crippen LogP contribution in [0.15, 0.2) is 32.3 Å². The van der Waals surface area contributed by atoms with Crippen molar-refractivity contribution < 1.29 is 12.8 Å². The van der Waals surface area contributed by atoms with E-state index in [9.17, 15) is 12.8 Å². The molecule has 0 spiro atoms. The summed E-state index contributed by atoms with van der Waals surface area (Å²) in [5.74, 6) is -0.506. The van der Waals surface area contributed by atoms with Gasteiger partial charge in [-0.1, -0.05) is 17.7 Å². The first-order valence-electron chi connectivity index (χ1n) is 5.03. The van der Waals surface area contributed by atoms with E-state index < -0.39 is 15.8 Å². The van der Waals surface area contributed by atoms with Crippen LogP contribution >= 0.6 is 38.9 Å². The molecular weight excluding hydrogens is 377 g/mol. The lowest BCUT2D eigenvalue weighted by Gasteiger charge is -2.09. The van der Waals surface area contributed by atoms with E-state index in [1.807, 2.05) is 0 Å². The van der Waals surface area contributed by atoms with E-state index in [-0.39, 0.29) is 9.90 Å². The van der Waals surface area contributed by atoms with Crippen LogP contribution in [-0.4, -0.2) is 8.42 Å². The van der Waals surface area contributed by atoms with Crippen molar-refractivity contribution in [3.8, 4) is 0 Å². The Balaban J connectivity index is 2.39. The predicted molar refractivity (Wildman–Crippen MR) is 79.0 cm³/mol. The molecule has 1 aromatic carbocycles. The predicted octanol–water partition coefficient (Wildman–Crippen LogP) is 4.41. The van der Waals surface area contributed by atoms with E-state index in [1.54, 1.807) is 6.92 Å². The summed E-state index contributed by atoms with van der Waals surface area (Å²) in [5, 5.41) is 0.321. The summed E-state index contributed by atoms with van der Waals surface area (Å²) in [5.41, 5.74) is 0.840. The molecule has 0 saturated heterocycles. The molecule has 1 N–H and O–H groups in total. The molecule has 2 aromatic rings. The zero-order chi connectivity index (χ0) is 14.2. The van der Waals surface area contributed by atoms with Gasteiger partial charge in [-0.3, -0.25) is 4.72 Å². The Hall–Kier alpha value is -0.630. The smallest absolute Gasteiger partial charge is 0.271 e. The molecule has 102 valence electrons. The monoisotopic (exact) mass is 383 g/mol. The van der Waals surface area contributed by atoms with Crippen LogP contribution in [-0.2, 0) is 10.0 Å². The maximum Gasteiger partial charge on any atom is 0.271 e. The first-order valence-corrected chi connectivity index (χ1v) is 8.50. The van der Waals surface area contributed by atoms with Crippen molar-refractivity contribution in [1.82, 2.24) is 0 Å². The number of hydrogen-bond acceptors (Lipinski definition) is 3. The maximum atomic E-state index is 13.1. The molecule has 3 nitrogen and oxygen atoms in total. The molecule has 1 heterocycles. The summed E-state index contributed by atoms with van der Waals surface area (Å²) >= 11 is 9.95. The van der Waals surface area contributed by atoms with Gasteiger partial charge in [-0.2, -0.15) is 0 Å². The number of aryl methyl sites for hydroxylation is 1. The lowest BCUT2D eigenvalue weighted by Crippen LogP contribution is -2.12. The minimum atomic E-state index is -3.77. The van der Waals surface area contributed by atoms with Crippen LogP contribution in [0.4, 0.5) is 10.1 Å². The highest BCUT2D eigenvalue weighted by atomic mass is 79.9. The fourth-order valence-electron chi connectivity index (χ4n) is 1.36. The Morgan fingerprint density at radius 1 is 1.37 bits per heavy atom. The Kier molecular flexibility index (Phi) is 4.20. The lowest BCUT2D eigenvalue weighted by molar-refractivity contribution is 0.603. The van der Waals surface area contributed by atoms with Crippen LogP contribution in [0.2, 0.25) is 5.02 Å². The SMILES string of the molecule is Cc1ccc(F)cc1NS(=O)(=O)c1cc(Cl)c(Br)s1. The number of halogens is 3. The number of hydrogen-bond donors (Lipinski definition) is 1. The zero-order valence-corrected chi connectivity index (χ0v) is 13.6. The van der Waals surface area contributed by atoms with Crippen molar-refractivity contribution in [2.45, 2.75) is 11.1 Å². The van der Waals surface area contributed by atoms with Crippen LogP contribution in [0, 0.1) is 12.7 Å². The summed E-state index contributed by atoms with van der Waals surface area (Å²) in [4.78, 5) is 0. The van der Waals surface area contributed by atoms with Crippen LogP contribution in [0.1, 0.15) is 5.56 Å². The summed E-state index contributed by atoms with van der Waals surface area (Å²) in [7, 11) is -3.77. The minimum Gasteiger partial charge on any atom is -0.279 e. The van der Waals surface area contributed by atoms with Gasteiger partial charge >= 0.3 is 0 Å². The largest absolute Gasteiger partial charge is 0.279 e. The molecule has 0 aliphatic carbocycles. The average molecular weight is 385 g/mol. The van der Waals surface area contributed by atoms with E-state index in [1.165, 1.54) is 18.2 Å². The van der Waals surface area contributed by atoms with E-state index in [2.05, 4.69) is 20.7 Å². The standard InChI is InChI=1S/C11H8BrClFNO2S2/c1-6-2-3-7(14)4-9(6)15-19(16,17)10-5-8(13)11(12)18-10/h2-5,15H,1H3. The van der Waals surface area contributed by atoms with Gasteiger partial charge in [0, 0.05) is 0 Å². The minimum absolute atomic E-state index is 0.0630. The normalized spacial score (nSPS) is 11.6. The highest BCUT2D eigenvalue weighted by Gasteiger charge is 2.20. The number of rotatable bonds is 3. The summed E-state index contributed by atoms with van der Waals surface area (Å²) in [6.45, 7) is 1.69. The number of benzene rings is 1. The Morgan fingerprint density at radius 3 is 2.63 bits per heavy atom. The molecule has 19 heavy (non-hydrogen) atoms. The van der Waals surface area contributed by atoms with Gasteiger partial charge in [-0.15, -0.1) is 11.3 Å². The van der Waals surface area contributed by atoms with Crippen molar-refractivity contribution in [1.29, 1.82) is 0 Å². The first kappa shape index (κ1) is 14.8. The fourth-order valence-corrected chi connectivity index (χ4v) is 4.88. The molecule has 0 bridgehead atoms. The second-order valence-corrected chi connectivity index (χ2v) is 8.44. The van der Waals surface area contributed by atoms with Crippen molar-refractivity contribution in [3.63, 3.8) is 0 Å². The first-order chi connectivity index (χ1) is 8.79. The summed E-state index contributed by atoms with van der Waals surface area (Å²) < 4.78 is 40.3. The summed E-state index contributed by atoms with van der Waals surface area (Å²) in [6.07, 6.45) is 0. The molecule has 0 atom stereocenters. The molecule has 0 saturated carbocycles. The van der Waals surface area contributed by atoms with E-state index >= 15 is 0 Å². The van der Waals surface area contributed by atoms with Crippen LogP contribution in [0.25, 0.3) is 0 Å². The topological polar surface area (TPSA) is 46.2 Å². The zero-order valence-electron chi connectivity index (χ0n) is 9.58. The highest BCUT2D eigenvalue weighted by molar-refractivity contribution is 9.11. The molecular formula is C11H8BrClFNO2S2. The van der Waals surface area contributed by atoms with Gasteiger partial charge in [-0.05, 0) is 46.6 Å². The third-order valence-electron chi connectivity index (χ3n) is 2.33. The molecule has 1 aromatic heterocycles. The van der Waals surface area contributed by atoms with Crippen molar-refractivity contribution in [2.24, 2.45) is 0 Å². The molecule has 0 fully saturated rings. The molecule has 8 heteroatoms. The quantitative estimate of drug-likeness (QED) is 0.852. The number of nitrogens with one attached hydrogen (secondary N) is 1. The number of anilines is 1. The number of sulfonamides is 1. The molecule has 0 unspecified atom stereocenters. The second-order valence-electron chi connectivity index (χ2n) is 3.75. The van der Waals surface area contributed by atoms with Gasteiger partial charge in [0.1, 0.15) is 10.0 Å². The third-order valence-corrected chi connectivity index (χ3v) is 6.65. The van der Waals surface area contributed by atoms with E-state index in [0.717, 1.165) is 17.4 Å². The third kappa shape index (κ3) is 3.28. The Morgan fingerprint density at radius 2 is 2.05 bits per heavy atom. The molecule has 0 aliphatic rings. The maximum absolute atomic E-state index is 13.1. The van der Waals surface area contributed by atoms with Crippen LogP contribution in [0.5, 0.6) is 0 Å². The van der Waals surface area contributed by atoms with E-state index in [4.69, 9.17) is 11.6 Å². The van der Waals surface area contributed by atoms with Gasteiger partial charge in [0.15, 0.2) is 0 Å². The molecule has 0 aliphatic heterocycles. The molecule has 0 radical (unpaired) electrons. The highest BCUT2D eigenvalue weighted by Crippen LogP contribution is 2.35. The van der Waals surface area contributed by atoms with Crippen LogP contribution < -0.4 is 4.72 Å². The Bertz CT molecular complexity index is 711. The molecule has 0 amide bonds. The average Bonchev–Trinajstić information content (AvgIpc) is 2.65. The lowest BCUT2D eigenvalue weighted by atomic mass is 10.2. The number of thiophene rings is 1. The van der Waals surface area contributed by atoms with Crippen molar-refractivity contribution in [2.75, 3.05) is 4.72 Å². The fraction of sp³-hybridized carbons (Fsp3) is 0.0909. The van der Waals surface area contributed by atoms with Crippen LogP contribution in [0.3, 0.4) is 0 Å².